The Morgan fingerprint density at radius 2 is 2.27 bits per heavy atom. The van der Waals surface area contributed by atoms with Crippen molar-refractivity contribution in [1.82, 2.24) is 14.8 Å². The Morgan fingerprint density at radius 1 is 1.45 bits per heavy atom. The van der Waals surface area contributed by atoms with Gasteiger partial charge in [-0.05, 0) is 26.0 Å². The summed E-state index contributed by atoms with van der Waals surface area (Å²) in [5, 5.41) is 6.70. The van der Waals surface area contributed by atoms with Crippen LogP contribution in [0, 0.1) is 6.92 Å². The van der Waals surface area contributed by atoms with Gasteiger partial charge in [-0.25, -0.2) is 13.4 Å². The Kier molecular flexibility index (Phi) is 3.75. The van der Waals surface area contributed by atoms with Crippen LogP contribution in [0.15, 0.2) is 34.3 Å². The summed E-state index contributed by atoms with van der Waals surface area (Å²) in [5.41, 5.74) is 1.38. The van der Waals surface area contributed by atoms with Gasteiger partial charge in [-0.2, -0.15) is 9.78 Å². The van der Waals surface area contributed by atoms with Crippen molar-refractivity contribution in [1.29, 1.82) is 0 Å². The number of nitrogens with zero attached hydrogens (tertiary/aromatic N) is 3. The van der Waals surface area contributed by atoms with Gasteiger partial charge in [0.15, 0.2) is 5.76 Å². The molecule has 0 atom stereocenters. The zero-order valence-corrected chi connectivity index (χ0v) is 13.6. The number of thiazole rings is 1. The molecule has 9 heteroatoms. The molecule has 0 unspecified atom stereocenters. The number of aryl methyl sites for hydroxylation is 1. The van der Waals surface area contributed by atoms with E-state index in [4.69, 9.17) is 4.42 Å². The summed E-state index contributed by atoms with van der Waals surface area (Å²) in [5.74, 6) is 1.02. The molecule has 7 nitrogen and oxygen atoms in total. The van der Waals surface area contributed by atoms with Crippen molar-refractivity contribution < 1.29 is 12.8 Å². The van der Waals surface area contributed by atoms with Crippen molar-refractivity contribution in [3.8, 4) is 16.6 Å². The third-order valence-corrected chi connectivity index (χ3v) is 5.01. The lowest BCUT2D eigenvalue weighted by Crippen LogP contribution is -2.17. The molecule has 0 aliphatic rings. The van der Waals surface area contributed by atoms with Crippen molar-refractivity contribution in [2.75, 3.05) is 10.5 Å². The second-order valence-electron chi connectivity index (χ2n) is 4.58. The highest BCUT2D eigenvalue weighted by molar-refractivity contribution is 7.92. The predicted molar refractivity (Wildman–Crippen MR) is 84.8 cm³/mol. The first-order chi connectivity index (χ1) is 10.5. The van der Waals surface area contributed by atoms with Gasteiger partial charge in [0.25, 0.3) is 0 Å². The number of hydrogen-bond acceptors (Lipinski definition) is 6. The van der Waals surface area contributed by atoms with Gasteiger partial charge >= 0.3 is 0 Å². The highest BCUT2D eigenvalue weighted by Crippen LogP contribution is 2.26. The van der Waals surface area contributed by atoms with Gasteiger partial charge in [-0.1, -0.05) is 0 Å². The van der Waals surface area contributed by atoms with Gasteiger partial charge in [0.2, 0.25) is 15.2 Å². The van der Waals surface area contributed by atoms with E-state index in [1.54, 1.807) is 32.2 Å². The minimum absolute atomic E-state index is 0.00720. The maximum atomic E-state index is 11.8. The summed E-state index contributed by atoms with van der Waals surface area (Å²) in [4.78, 5) is 4.44. The summed E-state index contributed by atoms with van der Waals surface area (Å²) in [6.07, 6.45) is 1.58. The van der Waals surface area contributed by atoms with E-state index in [0.29, 0.717) is 28.1 Å². The van der Waals surface area contributed by atoms with E-state index in [1.165, 1.54) is 16.0 Å². The number of furan rings is 1. The van der Waals surface area contributed by atoms with E-state index >= 15 is 0 Å². The van der Waals surface area contributed by atoms with Crippen molar-refractivity contribution in [3.63, 3.8) is 0 Å². The number of hydrogen-bond donors (Lipinski definition) is 1. The molecule has 0 aliphatic heterocycles. The van der Waals surface area contributed by atoms with Gasteiger partial charge in [0.1, 0.15) is 11.5 Å². The Bertz CT molecular complexity index is 878. The van der Waals surface area contributed by atoms with E-state index in [-0.39, 0.29) is 5.75 Å². The van der Waals surface area contributed by atoms with Gasteiger partial charge in [0.05, 0.1) is 17.7 Å². The molecule has 1 N–H and O–H groups in total. The minimum atomic E-state index is -3.38. The minimum Gasteiger partial charge on any atom is -0.463 e. The average Bonchev–Trinajstić information content (AvgIpc) is 3.17. The fourth-order valence-electron chi connectivity index (χ4n) is 1.85. The first-order valence-corrected chi connectivity index (χ1v) is 9.08. The third kappa shape index (κ3) is 2.90. The molecule has 0 amide bonds. The standard InChI is InChI=1S/C13H14N4O3S2/c1-3-22(18,19)16-12-7-9(2)15-17(12)13-14-10(8-21-13)11-5-4-6-20-11/h4-8,16H,3H2,1-2H3. The van der Waals surface area contributed by atoms with Crippen LogP contribution in [0.2, 0.25) is 0 Å². The highest BCUT2D eigenvalue weighted by Gasteiger charge is 2.16. The van der Waals surface area contributed by atoms with E-state index in [1.807, 2.05) is 11.4 Å². The third-order valence-electron chi connectivity index (χ3n) is 2.92. The lowest BCUT2D eigenvalue weighted by Gasteiger charge is -2.06. The molecule has 3 aromatic heterocycles. The molecule has 0 fully saturated rings. The van der Waals surface area contributed by atoms with E-state index in [2.05, 4.69) is 14.8 Å². The Hall–Kier alpha value is -2.13. The monoisotopic (exact) mass is 338 g/mol. The van der Waals surface area contributed by atoms with Gasteiger partial charge in [0, 0.05) is 11.4 Å². The molecule has 0 saturated heterocycles. The summed E-state index contributed by atoms with van der Waals surface area (Å²) in [6.45, 7) is 3.37. The van der Waals surface area contributed by atoms with Gasteiger partial charge < -0.3 is 4.42 Å². The van der Waals surface area contributed by atoms with Crippen LogP contribution in [-0.4, -0.2) is 28.9 Å². The first-order valence-electron chi connectivity index (χ1n) is 6.55. The number of sulfonamides is 1. The van der Waals surface area contributed by atoms with Crippen molar-refractivity contribution >= 4 is 27.2 Å². The van der Waals surface area contributed by atoms with Crippen LogP contribution in [0.3, 0.4) is 0 Å². The van der Waals surface area contributed by atoms with E-state index in [0.717, 1.165) is 0 Å². The van der Waals surface area contributed by atoms with Crippen LogP contribution in [0.4, 0.5) is 5.82 Å². The molecule has 0 spiro atoms. The van der Waals surface area contributed by atoms with Crippen LogP contribution in [0.1, 0.15) is 12.6 Å². The smallest absolute Gasteiger partial charge is 0.233 e. The highest BCUT2D eigenvalue weighted by atomic mass is 32.2. The Balaban J connectivity index is 1.99. The average molecular weight is 338 g/mol. The maximum Gasteiger partial charge on any atom is 0.233 e. The second kappa shape index (κ2) is 5.58. The van der Waals surface area contributed by atoms with Crippen molar-refractivity contribution in [3.05, 3.63) is 35.5 Å². The fourth-order valence-corrected chi connectivity index (χ4v) is 3.23. The molecule has 3 rings (SSSR count). The normalized spacial score (nSPS) is 11.7. The molecular weight excluding hydrogens is 324 g/mol. The lowest BCUT2D eigenvalue weighted by atomic mass is 10.4. The zero-order chi connectivity index (χ0) is 15.7. The summed E-state index contributed by atoms with van der Waals surface area (Å²) >= 11 is 1.36. The molecule has 3 aromatic rings. The number of nitrogens with one attached hydrogen (secondary N) is 1. The lowest BCUT2D eigenvalue weighted by molar-refractivity contribution is 0.580. The SMILES string of the molecule is CCS(=O)(=O)Nc1cc(C)nn1-c1nc(-c2ccco2)cs1. The molecule has 0 saturated carbocycles. The van der Waals surface area contributed by atoms with Gasteiger partial charge in [-0.3, -0.25) is 4.72 Å². The number of rotatable bonds is 5. The first kappa shape index (κ1) is 14.8. The summed E-state index contributed by atoms with van der Waals surface area (Å²) in [6, 6.07) is 5.27. The molecule has 0 radical (unpaired) electrons. The molecule has 0 aliphatic carbocycles. The van der Waals surface area contributed by atoms with E-state index in [9.17, 15) is 8.42 Å². The number of anilines is 1. The Morgan fingerprint density at radius 3 is 2.95 bits per heavy atom. The fraction of sp³-hybridized carbons (Fsp3) is 0.231. The Labute approximate surface area is 131 Å². The number of aromatic nitrogens is 3. The second-order valence-corrected chi connectivity index (χ2v) is 7.43. The largest absolute Gasteiger partial charge is 0.463 e. The van der Waals surface area contributed by atoms with Crippen molar-refractivity contribution in [2.24, 2.45) is 0 Å². The quantitative estimate of drug-likeness (QED) is 0.772. The maximum absolute atomic E-state index is 11.8. The van der Waals surface area contributed by atoms with Crippen LogP contribution in [0.25, 0.3) is 16.6 Å². The molecule has 0 aromatic carbocycles. The molecule has 3 heterocycles. The molecule has 116 valence electrons. The predicted octanol–water partition coefficient (Wildman–Crippen LogP) is 2.66. The molecule has 22 heavy (non-hydrogen) atoms. The van der Waals surface area contributed by atoms with Crippen LogP contribution in [-0.2, 0) is 10.0 Å². The van der Waals surface area contributed by atoms with Crippen molar-refractivity contribution in [2.45, 2.75) is 13.8 Å². The van der Waals surface area contributed by atoms with Crippen LogP contribution < -0.4 is 4.72 Å². The zero-order valence-electron chi connectivity index (χ0n) is 12.0. The topological polar surface area (TPSA) is 90.0 Å². The van der Waals surface area contributed by atoms with Gasteiger partial charge in [-0.15, -0.1) is 11.3 Å². The van der Waals surface area contributed by atoms with Crippen LogP contribution in [0.5, 0.6) is 0 Å². The molecule has 0 bridgehead atoms. The van der Waals surface area contributed by atoms with E-state index < -0.39 is 10.0 Å². The summed E-state index contributed by atoms with van der Waals surface area (Å²) in [7, 11) is -3.38. The molecular formula is C13H14N4O3S2. The van der Waals surface area contributed by atoms with Crippen LogP contribution >= 0.6 is 11.3 Å². The summed E-state index contributed by atoms with van der Waals surface area (Å²) < 4.78 is 32.8.